The highest BCUT2D eigenvalue weighted by atomic mass is 16.5. The average molecular weight is 169 g/mol. The van der Waals surface area contributed by atoms with Crippen molar-refractivity contribution >= 4 is 5.91 Å². The Hall–Kier alpha value is -0.830. The normalized spacial score (nSPS) is 23.2. The Bertz CT molecular complexity index is 162. The van der Waals surface area contributed by atoms with Crippen molar-refractivity contribution in [1.29, 1.82) is 0 Å². The van der Waals surface area contributed by atoms with Crippen LogP contribution in [0.25, 0.3) is 0 Å². The van der Waals surface area contributed by atoms with Gasteiger partial charge in [0, 0.05) is 13.2 Å². The molecule has 0 aliphatic carbocycles. The monoisotopic (exact) mass is 169 g/mol. The lowest BCUT2D eigenvalue weighted by Gasteiger charge is -2.22. The maximum atomic E-state index is 10.8. The van der Waals surface area contributed by atoms with Gasteiger partial charge in [0.1, 0.15) is 0 Å². The molecule has 0 aromatic rings. The van der Waals surface area contributed by atoms with Crippen LogP contribution in [0.15, 0.2) is 12.7 Å². The van der Waals surface area contributed by atoms with E-state index < -0.39 is 0 Å². The van der Waals surface area contributed by atoms with Crippen LogP contribution in [0.5, 0.6) is 0 Å². The number of amides is 1. The van der Waals surface area contributed by atoms with E-state index in [1.807, 2.05) is 0 Å². The fraction of sp³-hybridized carbons (Fsp3) is 0.667. The van der Waals surface area contributed by atoms with Crippen LogP contribution in [0.4, 0.5) is 0 Å². The molecule has 1 saturated heterocycles. The van der Waals surface area contributed by atoms with E-state index in [2.05, 4.69) is 11.9 Å². The Kier molecular flexibility index (Phi) is 3.80. The third kappa shape index (κ3) is 3.05. The molecule has 1 atom stereocenters. The van der Waals surface area contributed by atoms with Crippen molar-refractivity contribution in [2.45, 2.75) is 25.4 Å². The quantitative estimate of drug-likeness (QED) is 0.636. The van der Waals surface area contributed by atoms with E-state index in [0.717, 1.165) is 19.4 Å². The molecule has 68 valence electrons. The summed E-state index contributed by atoms with van der Waals surface area (Å²) in [4.78, 5) is 10.8. The number of carbonyl (C=O) groups is 1. The lowest BCUT2D eigenvalue weighted by Crippen LogP contribution is -2.34. The van der Waals surface area contributed by atoms with Crippen molar-refractivity contribution < 1.29 is 9.53 Å². The molecule has 0 spiro atoms. The first kappa shape index (κ1) is 9.26. The largest absolute Gasteiger partial charge is 0.376 e. The molecule has 1 N–H and O–H groups in total. The molecule has 3 nitrogen and oxygen atoms in total. The summed E-state index contributed by atoms with van der Waals surface area (Å²) in [6.45, 7) is 4.82. The van der Waals surface area contributed by atoms with E-state index in [4.69, 9.17) is 4.74 Å². The molecular weight excluding hydrogens is 154 g/mol. The van der Waals surface area contributed by atoms with Gasteiger partial charge in [0.2, 0.25) is 5.91 Å². The maximum absolute atomic E-state index is 10.8. The van der Waals surface area contributed by atoms with Crippen molar-refractivity contribution in [3.63, 3.8) is 0 Å². The second-order valence-corrected chi connectivity index (χ2v) is 2.94. The molecule has 1 fully saturated rings. The minimum atomic E-state index is -0.121. The topological polar surface area (TPSA) is 38.3 Å². The van der Waals surface area contributed by atoms with Crippen LogP contribution in [0.2, 0.25) is 0 Å². The number of hydrogen-bond acceptors (Lipinski definition) is 2. The first-order chi connectivity index (χ1) is 5.83. The third-order valence-electron chi connectivity index (χ3n) is 1.96. The molecule has 1 rings (SSSR count). The zero-order valence-corrected chi connectivity index (χ0v) is 7.21. The second-order valence-electron chi connectivity index (χ2n) is 2.94. The number of carbonyl (C=O) groups excluding carboxylic acids is 1. The van der Waals surface area contributed by atoms with Gasteiger partial charge in [0.25, 0.3) is 0 Å². The standard InChI is InChI=1S/C9H15NO2/c1-2-9(11)10-7-8-5-3-4-6-12-8/h2,8H,1,3-7H2,(H,10,11). The van der Waals surface area contributed by atoms with Gasteiger partial charge >= 0.3 is 0 Å². The zero-order valence-electron chi connectivity index (χ0n) is 7.21. The second kappa shape index (κ2) is 4.93. The first-order valence-electron chi connectivity index (χ1n) is 4.35. The van der Waals surface area contributed by atoms with Crippen LogP contribution in [-0.2, 0) is 9.53 Å². The molecule has 1 amide bonds. The molecule has 0 saturated carbocycles. The number of hydrogen-bond donors (Lipinski definition) is 1. The summed E-state index contributed by atoms with van der Waals surface area (Å²) < 4.78 is 5.42. The Labute approximate surface area is 72.8 Å². The Morgan fingerprint density at radius 2 is 2.50 bits per heavy atom. The molecule has 0 bridgehead atoms. The summed E-state index contributed by atoms with van der Waals surface area (Å²) in [6.07, 6.45) is 4.89. The van der Waals surface area contributed by atoms with Gasteiger partial charge in [0.15, 0.2) is 0 Å². The molecule has 1 heterocycles. The SMILES string of the molecule is C=CC(=O)NCC1CCCCO1. The predicted molar refractivity (Wildman–Crippen MR) is 46.8 cm³/mol. The molecule has 1 aliphatic rings. The molecule has 3 heteroatoms. The minimum Gasteiger partial charge on any atom is -0.376 e. The molecule has 1 unspecified atom stereocenters. The van der Waals surface area contributed by atoms with Crippen LogP contribution >= 0.6 is 0 Å². The van der Waals surface area contributed by atoms with Gasteiger partial charge in [-0.1, -0.05) is 6.58 Å². The summed E-state index contributed by atoms with van der Waals surface area (Å²) in [5.41, 5.74) is 0. The fourth-order valence-electron chi connectivity index (χ4n) is 1.25. The molecular formula is C9H15NO2. The zero-order chi connectivity index (χ0) is 8.81. The lowest BCUT2D eigenvalue weighted by molar-refractivity contribution is -0.117. The van der Waals surface area contributed by atoms with E-state index >= 15 is 0 Å². The van der Waals surface area contributed by atoms with Gasteiger partial charge in [0.05, 0.1) is 6.10 Å². The van der Waals surface area contributed by atoms with Gasteiger partial charge in [-0.3, -0.25) is 4.79 Å². The predicted octanol–water partition coefficient (Wildman–Crippen LogP) is 0.858. The fourth-order valence-corrected chi connectivity index (χ4v) is 1.25. The van der Waals surface area contributed by atoms with Crippen molar-refractivity contribution in [2.75, 3.05) is 13.2 Å². The van der Waals surface area contributed by atoms with Crippen LogP contribution in [0.3, 0.4) is 0 Å². The van der Waals surface area contributed by atoms with E-state index in [0.29, 0.717) is 6.54 Å². The highest BCUT2D eigenvalue weighted by Crippen LogP contribution is 2.11. The van der Waals surface area contributed by atoms with Gasteiger partial charge in [-0.25, -0.2) is 0 Å². The van der Waals surface area contributed by atoms with Crippen LogP contribution in [-0.4, -0.2) is 25.2 Å². The van der Waals surface area contributed by atoms with E-state index in [-0.39, 0.29) is 12.0 Å². The first-order valence-corrected chi connectivity index (χ1v) is 4.35. The molecule has 1 aliphatic heterocycles. The smallest absolute Gasteiger partial charge is 0.243 e. The van der Waals surface area contributed by atoms with Gasteiger partial charge < -0.3 is 10.1 Å². The van der Waals surface area contributed by atoms with Gasteiger partial charge in [-0.05, 0) is 25.3 Å². The Morgan fingerprint density at radius 3 is 3.08 bits per heavy atom. The average Bonchev–Trinajstić information content (AvgIpc) is 2.16. The summed E-state index contributed by atoms with van der Waals surface area (Å²) >= 11 is 0. The number of rotatable bonds is 3. The van der Waals surface area contributed by atoms with Gasteiger partial charge in [-0.15, -0.1) is 0 Å². The molecule has 12 heavy (non-hydrogen) atoms. The summed E-state index contributed by atoms with van der Waals surface area (Å²) in [5.74, 6) is -0.121. The Balaban J connectivity index is 2.12. The lowest BCUT2D eigenvalue weighted by atomic mass is 10.1. The van der Waals surface area contributed by atoms with Crippen LogP contribution in [0.1, 0.15) is 19.3 Å². The van der Waals surface area contributed by atoms with Crippen LogP contribution in [0, 0.1) is 0 Å². The van der Waals surface area contributed by atoms with E-state index in [9.17, 15) is 4.79 Å². The number of ether oxygens (including phenoxy) is 1. The summed E-state index contributed by atoms with van der Waals surface area (Å²) in [5, 5.41) is 2.72. The van der Waals surface area contributed by atoms with Gasteiger partial charge in [-0.2, -0.15) is 0 Å². The maximum Gasteiger partial charge on any atom is 0.243 e. The third-order valence-corrected chi connectivity index (χ3v) is 1.96. The van der Waals surface area contributed by atoms with Crippen molar-refractivity contribution in [3.8, 4) is 0 Å². The Morgan fingerprint density at radius 1 is 1.67 bits per heavy atom. The highest BCUT2D eigenvalue weighted by molar-refractivity contribution is 5.86. The highest BCUT2D eigenvalue weighted by Gasteiger charge is 2.13. The molecule has 0 aromatic carbocycles. The minimum absolute atomic E-state index is 0.121. The van der Waals surface area contributed by atoms with E-state index in [1.54, 1.807) is 0 Å². The van der Waals surface area contributed by atoms with Crippen molar-refractivity contribution in [2.24, 2.45) is 0 Å². The van der Waals surface area contributed by atoms with Crippen molar-refractivity contribution in [3.05, 3.63) is 12.7 Å². The molecule has 0 radical (unpaired) electrons. The number of nitrogens with one attached hydrogen (secondary N) is 1. The van der Waals surface area contributed by atoms with Crippen molar-refractivity contribution in [1.82, 2.24) is 5.32 Å². The molecule has 0 aromatic heterocycles. The summed E-state index contributed by atoms with van der Waals surface area (Å²) in [7, 11) is 0. The summed E-state index contributed by atoms with van der Waals surface area (Å²) in [6, 6.07) is 0. The van der Waals surface area contributed by atoms with Crippen LogP contribution < -0.4 is 5.32 Å². The van der Waals surface area contributed by atoms with E-state index in [1.165, 1.54) is 12.5 Å².